The lowest BCUT2D eigenvalue weighted by Crippen LogP contribution is -2.38. The molecule has 7 heteroatoms. The molecule has 1 aliphatic rings. The molecule has 1 amide bonds. The molecule has 2 heterocycles. The third-order valence-electron chi connectivity index (χ3n) is 4.05. The first-order valence-corrected chi connectivity index (χ1v) is 7.98. The van der Waals surface area contributed by atoms with Gasteiger partial charge in [-0.05, 0) is 37.0 Å². The monoisotopic (exact) mass is 327 g/mol. The first kappa shape index (κ1) is 16.0. The number of nitrogen functional groups attached to an aromatic ring is 1. The lowest BCUT2D eigenvalue weighted by Gasteiger charge is -2.18. The summed E-state index contributed by atoms with van der Waals surface area (Å²) in [5, 5.41) is 6.14. The minimum absolute atomic E-state index is 0.00892. The van der Waals surface area contributed by atoms with E-state index >= 15 is 0 Å². The Kier molecular flexibility index (Phi) is 4.79. The maximum atomic E-state index is 12.2. The van der Waals surface area contributed by atoms with Crippen molar-refractivity contribution in [2.75, 3.05) is 24.7 Å². The van der Waals surface area contributed by atoms with Crippen LogP contribution in [0.15, 0.2) is 30.5 Å². The van der Waals surface area contributed by atoms with Gasteiger partial charge in [0.25, 0.3) is 0 Å². The van der Waals surface area contributed by atoms with E-state index in [1.165, 1.54) is 0 Å². The van der Waals surface area contributed by atoms with Crippen LogP contribution in [-0.4, -0.2) is 35.6 Å². The standard InChI is InChI=1S/C17H21N5O2/c1-24-12-7-5-11(6-8-12)13-10-20-17(18)22-15(13)21-14-4-2-3-9-19-16(14)23/h5-8,10,14H,2-4,9H2,1H3,(H,19,23)(H3,18,20,21,22). The number of methoxy groups -OCH3 is 1. The van der Waals surface area contributed by atoms with Crippen LogP contribution >= 0.6 is 0 Å². The first-order valence-electron chi connectivity index (χ1n) is 7.98. The predicted molar refractivity (Wildman–Crippen MR) is 92.7 cm³/mol. The SMILES string of the molecule is COc1ccc(-c2cnc(N)nc2NC2CCCCNC2=O)cc1. The second-order valence-corrected chi connectivity index (χ2v) is 5.70. The predicted octanol–water partition coefficient (Wildman–Crippen LogP) is 1.81. The Balaban J connectivity index is 1.91. The molecule has 0 radical (unpaired) electrons. The third kappa shape index (κ3) is 3.56. The van der Waals surface area contributed by atoms with E-state index in [0.717, 1.165) is 36.1 Å². The summed E-state index contributed by atoms with van der Waals surface area (Å²) < 4.78 is 5.18. The number of ether oxygens (including phenoxy) is 1. The van der Waals surface area contributed by atoms with E-state index in [1.54, 1.807) is 13.3 Å². The third-order valence-corrected chi connectivity index (χ3v) is 4.05. The molecular weight excluding hydrogens is 306 g/mol. The minimum atomic E-state index is -0.321. The van der Waals surface area contributed by atoms with Crippen LogP contribution in [0.1, 0.15) is 19.3 Å². The topological polar surface area (TPSA) is 102 Å². The highest BCUT2D eigenvalue weighted by atomic mass is 16.5. The number of nitrogens with zero attached hydrogens (tertiary/aromatic N) is 2. The quantitative estimate of drug-likeness (QED) is 0.791. The number of carbonyl (C=O) groups is 1. The molecule has 1 saturated heterocycles. The van der Waals surface area contributed by atoms with Crippen LogP contribution in [0.2, 0.25) is 0 Å². The molecule has 0 aliphatic carbocycles. The van der Waals surface area contributed by atoms with Crippen molar-refractivity contribution in [2.24, 2.45) is 0 Å². The van der Waals surface area contributed by atoms with Gasteiger partial charge in [-0.2, -0.15) is 4.98 Å². The van der Waals surface area contributed by atoms with Crippen molar-refractivity contribution in [1.82, 2.24) is 15.3 Å². The van der Waals surface area contributed by atoms with Gasteiger partial charge in [-0.1, -0.05) is 12.1 Å². The van der Waals surface area contributed by atoms with E-state index in [2.05, 4.69) is 20.6 Å². The fourth-order valence-corrected chi connectivity index (χ4v) is 2.73. The summed E-state index contributed by atoms with van der Waals surface area (Å²) in [4.78, 5) is 20.5. The molecule has 4 N–H and O–H groups in total. The highest BCUT2D eigenvalue weighted by Crippen LogP contribution is 2.29. The number of amides is 1. The van der Waals surface area contributed by atoms with E-state index in [0.29, 0.717) is 12.4 Å². The summed E-state index contributed by atoms with van der Waals surface area (Å²) in [6.45, 7) is 0.717. The fraction of sp³-hybridized carbons (Fsp3) is 0.353. The molecule has 0 spiro atoms. The number of rotatable bonds is 4. The summed E-state index contributed by atoms with van der Waals surface area (Å²) in [5.41, 5.74) is 7.46. The minimum Gasteiger partial charge on any atom is -0.497 e. The Morgan fingerprint density at radius 2 is 2.08 bits per heavy atom. The van der Waals surface area contributed by atoms with Crippen molar-refractivity contribution in [2.45, 2.75) is 25.3 Å². The summed E-state index contributed by atoms with van der Waals surface area (Å²) in [7, 11) is 1.62. The summed E-state index contributed by atoms with van der Waals surface area (Å²) in [6, 6.07) is 7.26. The zero-order valence-corrected chi connectivity index (χ0v) is 13.6. The van der Waals surface area contributed by atoms with Gasteiger partial charge in [-0.15, -0.1) is 0 Å². The molecule has 1 aromatic heterocycles. The van der Waals surface area contributed by atoms with Gasteiger partial charge in [-0.3, -0.25) is 4.79 Å². The smallest absolute Gasteiger partial charge is 0.242 e. The number of hydrogen-bond donors (Lipinski definition) is 3. The number of carbonyl (C=O) groups excluding carboxylic acids is 1. The van der Waals surface area contributed by atoms with E-state index in [-0.39, 0.29) is 17.9 Å². The Morgan fingerprint density at radius 1 is 1.29 bits per heavy atom. The van der Waals surface area contributed by atoms with Gasteiger partial charge in [-0.25, -0.2) is 4.98 Å². The van der Waals surface area contributed by atoms with Crippen molar-refractivity contribution in [3.05, 3.63) is 30.5 Å². The average molecular weight is 327 g/mol. The zero-order valence-electron chi connectivity index (χ0n) is 13.6. The summed E-state index contributed by atoms with van der Waals surface area (Å²) in [5.74, 6) is 1.50. The number of nitrogens with two attached hydrogens (primary N) is 1. The maximum Gasteiger partial charge on any atom is 0.242 e. The molecular formula is C17H21N5O2. The number of benzene rings is 1. The van der Waals surface area contributed by atoms with Crippen molar-refractivity contribution < 1.29 is 9.53 Å². The summed E-state index contributed by atoms with van der Waals surface area (Å²) in [6.07, 6.45) is 4.40. The second kappa shape index (κ2) is 7.16. The molecule has 1 aromatic carbocycles. The van der Waals surface area contributed by atoms with Gasteiger partial charge in [0.2, 0.25) is 11.9 Å². The van der Waals surface area contributed by atoms with Crippen LogP contribution in [0.3, 0.4) is 0 Å². The number of aromatic nitrogens is 2. The van der Waals surface area contributed by atoms with E-state index in [1.807, 2.05) is 24.3 Å². The zero-order chi connectivity index (χ0) is 16.9. The van der Waals surface area contributed by atoms with Crippen molar-refractivity contribution in [1.29, 1.82) is 0 Å². The van der Waals surface area contributed by atoms with Crippen molar-refractivity contribution in [3.8, 4) is 16.9 Å². The second-order valence-electron chi connectivity index (χ2n) is 5.70. The number of hydrogen-bond acceptors (Lipinski definition) is 6. The van der Waals surface area contributed by atoms with E-state index in [9.17, 15) is 4.79 Å². The lowest BCUT2D eigenvalue weighted by atomic mass is 10.1. The molecule has 0 bridgehead atoms. The largest absolute Gasteiger partial charge is 0.497 e. The van der Waals surface area contributed by atoms with Gasteiger partial charge in [0.1, 0.15) is 17.6 Å². The van der Waals surface area contributed by atoms with Crippen LogP contribution in [-0.2, 0) is 4.79 Å². The van der Waals surface area contributed by atoms with Gasteiger partial charge in [0.05, 0.1) is 7.11 Å². The molecule has 1 aliphatic heterocycles. The molecule has 24 heavy (non-hydrogen) atoms. The van der Waals surface area contributed by atoms with Crippen LogP contribution in [0.25, 0.3) is 11.1 Å². The van der Waals surface area contributed by atoms with Crippen LogP contribution in [0.5, 0.6) is 5.75 Å². The Bertz CT molecular complexity index is 717. The van der Waals surface area contributed by atoms with Crippen molar-refractivity contribution >= 4 is 17.7 Å². The van der Waals surface area contributed by atoms with Crippen LogP contribution in [0.4, 0.5) is 11.8 Å². The number of nitrogens with one attached hydrogen (secondary N) is 2. The van der Waals surface area contributed by atoms with E-state index in [4.69, 9.17) is 10.5 Å². The van der Waals surface area contributed by atoms with Gasteiger partial charge in [0, 0.05) is 18.3 Å². The molecule has 0 saturated carbocycles. The van der Waals surface area contributed by atoms with Gasteiger partial charge in [0.15, 0.2) is 0 Å². The van der Waals surface area contributed by atoms with Gasteiger partial charge < -0.3 is 21.1 Å². The van der Waals surface area contributed by atoms with Gasteiger partial charge >= 0.3 is 0 Å². The maximum absolute atomic E-state index is 12.2. The Labute approximate surface area is 140 Å². The highest BCUT2D eigenvalue weighted by Gasteiger charge is 2.22. The highest BCUT2D eigenvalue weighted by molar-refractivity contribution is 5.86. The molecule has 1 fully saturated rings. The first-order chi connectivity index (χ1) is 11.7. The normalized spacial score (nSPS) is 17.7. The fourth-order valence-electron chi connectivity index (χ4n) is 2.73. The molecule has 1 atom stereocenters. The molecule has 1 unspecified atom stereocenters. The van der Waals surface area contributed by atoms with Crippen LogP contribution < -0.4 is 21.1 Å². The summed E-state index contributed by atoms with van der Waals surface area (Å²) >= 11 is 0. The molecule has 2 aromatic rings. The van der Waals surface area contributed by atoms with E-state index < -0.39 is 0 Å². The average Bonchev–Trinajstić information content (AvgIpc) is 2.80. The Morgan fingerprint density at radius 3 is 2.83 bits per heavy atom. The molecule has 3 rings (SSSR count). The van der Waals surface area contributed by atoms with Crippen molar-refractivity contribution in [3.63, 3.8) is 0 Å². The van der Waals surface area contributed by atoms with Crippen LogP contribution in [0, 0.1) is 0 Å². The number of anilines is 2. The molecule has 126 valence electrons. The Hall–Kier alpha value is -2.83. The lowest BCUT2D eigenvalue weighted by molar-refractivity contribution is -0.121. The molecule has 7 nitrogen and oxygen atoms in total.